The second-order valence-corrected chi connectivity index (χ2v) is 8.48. The second-order valence-electron chi connectivity index (χ2n) is 8.48. The zero-order chi connectivity index (χ0) is 19.9. The van der Waals surface area contributed by atoms with Crippen LogP contribution in [-0.4, -0.2) is 22.9 Å². The number of nitrogens with zero attached hydrogens (tertiary/aromatic N) is 1. The van der Waals surface area contributed by atoms with Gasteiger partial charge in [0.1, 0.15) is 5.58 Å². The molecule has 1 aromatic heterocycles. The minimum Gasteiger partial charge on any atom is -0.464 e. The first kappa shape index (κ1) is 18.8. The largest absolute Gasteiger partial charge is 0.464 e. The lowest BCUT2D eigenvalue weighted by Gasteiger charge is -2.27. The van der Waals surface area contributed by atoms with Crippen molar-refractivity contribution in [3.8, 4) is 0 Å². The van der Waals surface area contributed by atoms with E-state index in [0.29, 0.717) is 13.1 Å². The van der Waals surface area contributed by atoms with Gasteiger partial charge in [-0.25, -0.2) is 0 Å². The molecule has 28 heavy (non-hydrogen) atoms. The molecule has 1 atom stereocenters. The lowest BCUT2D eigenvalue weighted by Crippen LogP contribution is -2.40. The molecule has 0 spiro atoms. The zero-order valence-corrected chi connectivity index (χ0v) is 16.9. The molecular formula is C24H28N2O2. The Balaban J connectivity index is 1.37. The van der Waals surface area contributed by atoms with Crippen molar-refractivity contribution in [2.24, 2.45) is 5.73 Å². The average molecular weight is 377 g/mol. The Labute approximate surface area is 166 Å². The number of furan rings is 1. The number of rotatable bonds is 6. The number of hydrogen-bond acceptors (Lipinski definition) is 3. The average Bonchev–Trinajstić information content (AvgIpc) is 3.21. The van der Waals surface area contributed by atoms with Crippen LogP contribution in [0.25, 0.3) is 11.0 Å². The van der Waals surface area contributed by atoms with Gasteiger partial charge in [0.2, 0.25) is 0 Å². The first-order valence-electron chi connectivity index (χ1n) is 9.97. The maximum absolute atomic E-state index is 12.7. The normalized spacial score (nSPS) is 15.9. The molecule has 3 aromatic rings. The fourth-order valence-electron chi connectivity index (χ4n) is 4.00. The monoisotopic (exact) mass is 376 g/mol. The van der Waals surface area contributed by atoms with Crippen LogP contribution in [0.4, 0.5) is 0 Å². The van der Waals surface area contributed by atoms with Gasteiger partial charge in [0.25, 0.3) is 5.91 Å². The Hall–Kier alpha value is -2.59. The molecule has 0 radical (unpaired) electrons. The summed E-state index contributed by atoms with van der Waals surface area (Å²) in [7, 11) is 0. The molecule has 4 rings (SSSR count). The first-order chi connectivity index (χ1) is 13.3. The van der Waals surface area contributed by atoms with Gasteiger partial charge in [-0.3, -0.25) is 4.79 Å². The van der Waals surface area contributed by atoms with Crippen molar-refractivity contribution < 1.29 is 9.21 Å². The Kier molecular flexibility index (Phi) is 4.76. The van der Waals surface area contributed by atoms with Crippen molar-refractivity contribution >= 4 is 16.9 Å². The van der Waals surface area contributed by atoms with E-state index >= 15 is 0 Å². The van der Waals surface area contributed by atoms with Crippen LogP contribution in [-0.2, 0) is 13.0 Å². The molecule has 0 saturated heterocycles. The van der Waals surface area contributed by atoms with Gasteiger partial charge < -0.3 is 15.1 Å². The molecule has 146 valence electrons. The van der Waals surface area contributed by atoms with Gasteiger partial charge in [-0.2, -0.15) is 0 Å². The van der Waals surface area contributed by atoms with Crippen LogP contribution in [0.5, 0.6) is 0 Å². The molecule has 0 bridgehead atoms. The Bertz CT molecular complexity index is 1030. The fourth-order valence-corrected chi connectivity index (χ4v) is 4.00. The number of nitrogens with two attached hydrogens (primary N) is 1. The summed E-state index contributed by atoms with van der Waals surface area (Å²) in [6, 6.07) is 12.3. The van der Waals surface area contributed by atoms with Gasteiger partial charge in [-0.05, 0) is 74.4 Å². The molecule has 0 saturated carbocycles. The predicted octanol–water partition coefficient (Wildman–Crippen LogP) is 4.75. The third-order valence-corrected chi connectivity index (χ3v) is 6.08. The fraction of sp³-hybridized carbons (Fsp3) is 0.375. The summed E-state index contributed by atoms with van der Waals surface area (Å²) >= 11 is 0. The van der Waals surface area contributed by atoms with E-state index in [1.54, 1.807) is 0 Å². The van der Waals surface area contributed by atoms with E-state index in [9.17, 15) is 4.79 Å². The van der Waals surface area contributed by atoms with Crippen molar-refractivity contribution in [1.82, 2.24) is 4.90 Å². The molecule has 1 amide bonds. The van der Waals surface area contributed by atoms with Crippen LogP contribution in [0.15, 0.2) is 47.1 Å². The van der Waals surface area contributed by atoms with Crippen LogP contribution < -0.4 is 5.73 Å². The molecule has 0 fully saturated rings. The molecule has 0 aliphatic carbocycles. The van der Waals surface area contributed by atoms with Crippen molar-refractivity contribution in [2.75, 3.05) is 6.54 Å². The molecule has 2 heterocycles. The van der Waals surface area contributed by atoms with E-state index in [1.807, 2.05) is 35.4 Å². The van der Waals surface area contributed by atoms with Crippen LogP contribution >= 0.6 is 0 Å². The maximum atomic E-state index is 12.7. The quantitative estimate of drug-likeness (QED) is 0.676. The standard InChI is InChI=1S/C24H28N2O2/c1-16-12-19-14-26(23(27)21(19)13-17(16)2)11-10-24(3,25)9-8-18-15-28-22-7-5-4-6-20(18)22/h4-7,12-13,15H,8-11,14,25H2,1-3H3. The number of carbonyl (C=O) groups is 1. The summed E-state index contributed by atoms with van der Waals surface area (Å²) in [5.74, 6) is 0.134. The lowest BCUT2D eigenvalue weighted by molar-refractivity contribution is 0.0766. The Morgan fingerprint density at radius 3 is 2.71 bits per heavy atom. The number of hydrogen-bond donors (Lipinski definition) is 1. The summed E-state index contributed by atoms with van der Waals surface area (Å²) in [6.07, 6.45) is 4.34. The highest BCUT2D eigenvalue weighted by Crippen LogP contribution is 2.28. The molecule has 1 unspecified atom stereocenters. The highest BCUT2D eigenvalue weighted by molar-refractivity contribution is 5.98. The number of carbonyl (C=O) groups excluding carboxylic acids is 1. The van der Waals surface area contributed by atoms with Crippen LogP contribution in [0.1, 0.15) is 52.4 Å². The van der Waals surface area contributed by atoms with Crippen LogP contribution in [0, 0.1) is 13.8 Å². The summed E-state index contributed by atoms with van der Waals surface area (Å²) in [5.41, 5.74) is 12.8. The van der Waals surface area contributed by atoms with E-state index < -0.39 is 0 Å². The molecule has 4 nitrogen and oxygen atoms in total. The van der Waals surface area contributed by atoms with Crippen LogP contribution in [0.2, 0.25) is 0 Å². The van der Waals surface area contributed by atoms with E-state index in [4.69, 9.17) is 10.2 Å². The van der Waals surface area contributed by atoms with Crippen molar-refractivity contribution in [1.29, 1.82) is 0 Å². The number of aryl methyl sites for hydroxylation is 3. The Morgan fingerprint density at radius 2 is 1.89 bits per heavy atom. The lowest BCUT2D eigenvalue weighted by atomic mass is 9.91. The predicted molar refractivity (Wildman–Crippen MR) is 112 cm³/mol. The molecule has 2 N–H and O–H groups in total. The third kappa shape index (κ3) is 3.57. The second kappa shape index (κ2) is 7.10. The van der Waals surface area contributed by atoms with Crippen molar-refractivity contribution in [2.45, 2.75) is 52.1 Å². The molecular weight excluding hydrogens is 348 g/mol. The van der Waals surface area contributed by atoms with E-state index in [1.165, 1.54) is 16.7 Å². The summed E-state index contributed by atoms with van der Waals surface area (Å²) in [4.78, 5) is 14.7. The van der Waals surface area contributed by atoms with E-state index in [0.717, 1.165) is 41.4 Å². The SMILES string of the molecule is Cc1cc2c(cc1C)C(=O)N(CCC(C)(N)CCc1coc3ccccc13)C2. The highest BCUT2D eigenvalue weighted by Gasteiger charge is 2.29. The summed E-state index contributed by atoms with van der Waals surface area (Å²) in [6.45, 7) is 7.61. The minimum absolute atomic E-state index is 0.134. The molecule has 2 aromatic carbocycles. The minimum atomic E-state index is -0.334. The highest BCUT2D eigenvalue weighted by atomic mass is 16.3. The summed E-state index contributed by atoms with van der Waals surface area (Å²) < 4.78 is 5.63. The molecule has 4 heteroatoms. The zero-order valence-electron chi connectivity index (χ0n) is 16.9. The van der Waals surface area contributed by atoms with Crippen molar-refractivity contribution in [3.63, 3.8) is 0 Å². The summed E-state index contributed by atoms with van der Waals surface area (Å²) in [5, 5.41) is 1.16. The van der Waals surface area contributed by atoms with Gasteiger partial charge >= 0.3 is 0 Å². The van der Waals surface area contributed by atoms with Gasteiger partial charge in [0, 0.05) is 29.6 Å². The van der Waals surface area contributed by atoms with Crippen LogP contribution in [0.3, 0.4) is 0 Å². The molecule has 1 aliphatic heterocycles. The number of para-hydroxylation sites is 1. The maximum Gasteiger partial charge on any atom is 0.254 e. The first-order valence-corrected chi connectivity index (χ1v) is 9.97. The number of benzene rings is 2. The van der Waals surface area contributed by atoms with Gasteiger partial charge in [0.15, 0.2) is 0 Å². The van der Waals surface area contributed by atoms with Gasteiger partial charge in [-0.1, -0.05) is 24.3 Å². The van der Waals surface area contributed by atoms with E-state index in [2.05, 4.69) is 32.9 Å². The van der Waals surface area contributed by atoms with Gasteiger partial charge in [-0.15, -0.1) is 0 Å². The van der Waals surface area contributed by atoms with Gasteiger partial charge in [0.05, 0.1) is 6.26 Å². The number of fused-ring (bicyclic) bond motifs is 2. The smallest absolute Gasteiger partial charge is 0.254 e. The van der Waals surface area contributed by atoms with Crippen molar-refractivity contribution in [3.05, 3.63) is 70.5 Å². The number of amides is 1. The Morgan fingerprint density at radius 1 is 1.14 bits per heavy atom. The third-order valence-electron chi connectivity index (χ3n) is 6.08. The molecule has 1 aliphatic rings. The van der Waals surface area contributed by atoms with E-state index in [-0.39, 0.29) is 11.4 Å². The topological polar surface area (TPSA) is 59.5 Å².